The molecule has 0 saturated carbocycles. The molecule has 0 aliphatic rings. The molecule has 90 valence electrons. The zero-order chi connectivity index (χ0) is 12.2. The predicted molar refractivity (Wildman–Crippen MR) is 67.4 cm³/mol. The molecule has 1 aromatic carbocycles. The normalized spacial score (nSPS) is 13.6. The van der Waals surface area contributed by atoms with Crippen LogP contribution in [0.15, 0.2) is 24.3 Å². The Hall–Kier alpha value is -0.730. The maximum absolute atomic E-state index is 9.25. The summed E-state index contributed by atoms with van der Waals surface area (Å²) in [6, 6.07) is 7.92. The highest BCUT2D eigenvalue weighted by atomic mass is 35.5. The fraction of sp³-hybridized carbons (Fsp3) is 0.538. The average molecular weight is 243 g/mol. The molecule has 0 heterocycles. The molecule has 1 aromatic rings. The lowest BCUT2D eigenvalue weighted by molar-refractivity contribution is 0.125. The summed E-state index contributed by atoms with van der Waals surface area (Å²) in [5.41, 5.74) is 1.41. The van der Waals surface area contributed by atoms with Crippen LogP contribution < -0.4 is 4.74 Å². The van der Waals surface area contributed by atoms with Gasteiger partial charge in [0.2, 0.25) is 0 Å². The molecule has 2 nitrogen and oxygen atoms in total. The third kappa shape index (κ3) is 4.03. The van der Waals surface area contributed by atoms with Crippen molar-refractivity contribution in [1.29, 1.82) is 0 Å². The van der Waals surface area contributed by atoms with Crippen LogP contribution in [0.1, 0.15) is 26.3 Å². The van der Waals surface area contributed by atoms with Crippen LogP contribution in [0.2, 0.25) is 0 Å². The molecular formula is C13H19ClO2. The van der Waals surface area contributed by atoms with Crippen LogP contribution >= 0.6 is 11.6 Å². The van der Waals surface area contributed by atoms with E-state index in [4.69, 9.17) is 16.3 Å². The maximum Gasteiger partial charge on any atom is 0.119 e. The number of benzene rings is 1. The Morgan fingerprint density at radius 3 is 2.25 bits per heavy atom. The summed E-state index contributed by atoms with van der Waals surface area (Å²) in [6.45, 7) is 6.73. The molecule has 0 fully saturated rings. The monoisotopic (exact) mass is 242 g/mol. The molecule has 0 amide bonds. The van der Waals surface area contributed by atoms with Gasteiger partial charge in [-0.05, 0) is 23.1 Å². The van der Waals surface area contributed by atoms with Crippen molar-refractivity contribution in [3.8, 4) is 5.75 Å². The molecule has 0 bridgehead atoms. The van der Waals surface area contributed by atoms with Crippen LogP contribution in [0.25, 0.3) is 0 Å². The summed E-state index contributed by atoms with van der Waals surface area (Å²) < 4.78 is 5.39. The second kappa shape index (κ2) is 5.55. The highest BCUT2D eigenvalue weighted by molar-refractivity contribution is 6.18. The molecule has 1 atom stereocenters. The number of hydrogen-bond donors (Lipinski definition) is 1. The third-order valence-corrected chi connectivity index (χ3v) is 2.70. The van der Waals surface area contributed by atoms with Gasteiger partial charge in [0.25, 0.3) is 0 Å². The number of alkyl halides is 1. The van der Waals surface area contributed by atoms with Gasteiger partial charge >= 0.3 is 0 Å². The Morgan fingerprint density at radius 2 is 1.81 bits per heavy atom. The number of halogens is 1. The first kappa shape index (κ1) is 13.3. The van der Waals surface area contributed by atoms with Gasteiger partial charge in [0.05, 0.1) is 5.88 Å². The minimum absolute atomic E-state index is 0.147. The van der Waals surface area contributed by atoms with Crippen molar-refractivity contribution >= 4 is 11.6 Å². The fourth-order valence-corrected chi connectivity index (χ4v) is 1.38. The lowest BCUT2D eigenvalue weighted by Crippen LogP contribution is -2.19. The molecule has 0 aliphatic carbocycles. The minimum atomic E-state index is -0.607. The molecule has 0 saturated heterocycles. The highest BCUT2D eigenvalue weighted by Gasteiger charge is 2.13. The van der Waals surface area contributed by atoms with E-state index in [2.05, 4.69) is 20.8 Å². The molecular weight excluding hydrogens is 224 g/mol. The molecule has 0 aliphatic heterocycles. The molecule has 0 radical (unpaired) electrons. The number of hydrogen-bond acceptors (Lipinski definition) is 2. The van der Waals surface area contributed by atoms with E-state index >= 15 is 0 Å². The second-order valence-corrected chi connectivity index (χ2v) is 5.20. The van der Waals surface area contributed by atoms with E-state index in [1.54, 1.807) is 0 Å². The summed E-state index contributed by atoms with van der Waals surface area (Å²) in [7, 11) is 0. The first-order chi connectivity index (χ1) is 7.43. The van der Waals surface area contributed by atoms with Crippen molar-refractivity contribution in [3.63, 3.8) is 0 Å². The van der Waals surface area contributed by atoms with Crippen LogP contribution in [-0.2, 0) is 5.41 Å². The van der Waals surface area contributed by atoms with Crippen LogP contribution in [0.3, 0.4) is 0 Å². The van der Waals surface area contributed by atoms with Crippen molar-refractivity contribution in [1.82, 2.24) is 0 Å². The van der Waals surface area contributed by atoms with Crippen molar-refractivity contribution in [2.75, 3.05) is 12.5 Å². The number of rotatable bonds is 4. The van der Waals surface area contributed by atoms with E-state index in [9.17, 15) is 5.11 Å². The lowest BCUT2D eigenvalue weighted by atomic mass is 9.87. The summed E-state index contributed by atoms with van der Waals surface area (Å²) in [5.74, 6) is 0.956. The predicted octanol–water partition coefficient (Wildman–Crippen LogP) is 2.96. The van der Waals surface area contributed by atoms with Crippen molar-refractivity contribution < 1.29 is 9.84 Å². The van der Waals surface area contributed by atoms with Gasteiger partial charge in [-0.2, -0.15) is 0 Å². The maximum atomic E-state index is 9.25. The Labute approximate surface area is 102 Å². The third-order valence-electron chi connectivity index (χ3n) is 2.34. The van der Waals surface area contributed by atoms with Gasteiger partial charge < -0.3 is 9.84 Å². The van der Waals surface area contributed by atoms with Crippen molar-refractivity contribution in [3.05, 3.63) is 29.8 Å². The molecule has 1 rings (SSSR count). The van der Waals surface area contributed by atoms with E-state index in [0.29, 0.717) is 0 Å². The first-order valence-electron chi connectivity index (χ1n) is 5.41. The summed E-state index contributed by atoms with van der Waals surface area (Å²) in [4.78, 5) is 0. The van der Waals surface area contributed by atoms with E-state index in [-0.39, 0.29) is 17.9 Å². The van der Waals surface area contributed by atoms with E-state index in [0.717, 1.165) is 5.75 Å². The Bertz CT molecular complexity index is 314. The standard InChI is InChI=1S/C13H19ClO2/c1-13(2,3)10-4-6-12(7-5-10)16-9-11(15)8-14/h4-7,11,15H,8-9H2,1-3H3/t11-/m0/s1. The smallest absolute Gasteiger partial charge is 0.119 e. The largest absolute Gasteiger partial charge is 0.491 e. The van der Waals surface area contributed by atoms with E-state index < -0.39 is 6.10 Å². The zero-order valence-electron chi connectivity index (χ0n) is 10.0. The van der Waals surface area contributed by atoms with E-state index in [1.807, 2.05) is 24.3 Å². The van der Waals surface area contributed by atoms with Crippen LogP contribution in [-0.4, -0.2) is 23.7 Å². The van der Waals surface area contributed by atoms with Crippen LogP contribution in [0, 0.1) is 0 Å². The first-order valence-corrected chi connectivity index (χ1v) is 5.94. The van der Waals surface area contributed by atoms with Gasteiger partial charge in [0, 0.05) is 0 Å². The topological polar surface area (TPSA) is 29.5 Å². The summed E-state index contributed by atoms with van der Waals surface area (Å²) >= 11 is 5.47. The molecule has 3 heteroatoms. The van der Waals surface area contributed by atoms with E-state index in [1.165, 1.54) is 5.56 Å². The number of aliphatic hydroxyl groups is 1. The van der Waals surface area contributed by atoms with Gasteiger partial charge in [-0.1, -0.05) is 32.9 Å². The lowest BCUT2D eigenvalue weighted by Gasteiger charge is -2.19. The summed E-state index contributed by atoms with van der Waals surface area (Å²) in [6.07, 6.45) is -0.607. The second-order valence-electron chi connectivity index (χ2n) is 4.89. The number of aliphatic hydroxyl groups excluding tert-OH is 1. The van der Waals surface area contributed by atoms with Crippen LogP contribution in [0.4, 0.5) is 0 Å². The van der Waals surface area contributed by atoms with Crippen molar-refractivity contribution in [2.24, 2.45) is 0 Å². The average Bonchev–Trinajstić information content (AvgIpc) is 2.25. The zero-order valence-corrected chi connectivity index (χ0v) is 10.8. The van der Waals surface area contributed by atoms with Crippen LogP contribution in [0.5, 0.6) is 5.75 Å². The highest BCUT2D eigenvalue weighted by Crippen LogP contribution is 2.24. The molecule has 0 unspecified atom stereocenters. The molecule has 16 heavy (non-hydrogen) atoms. The van der Waals surface area contributed by atoms with Gasteiger partial charge in [-0.3, -0.25) is 0 Å². The molecule has 1 N–H and O–H groups in total. The number of ether oxygens (including phenoxy) is 1. The Kier molecular flexibility index (Phi) is 4.63. The minimum Gasteiger partial charge on any atom is -0.491 e. The van der Waals surface area contributed by atoms with Crippen molar-refractivity contribution in [2.45, 2.75) is 32.3 Å². The van der Waals surface area contributed by atoms with Gasteiger partial charge in [-0.15, -0.1) is 11.6 Å². The SMILES string of the molecule is CC(C)(C)c1ccc(OC[C@@H](O)CCl)cc1. The van der Waals surface area contributed by atoms with Gasteiger partial charge in [0.15, 0.2) is 0 Å². The Morgan fingerprint density at radius 1 is 1.25 bits per heavy atom. The fourth-order valence-electron chi connectivity index (χ4n) is 1.29. The van der Waals surface area contributed by atoms with Gasteiger partial charge in [0.1, 0.15) is 18.5 Å². The molecule has 0 aromatic heterocycles. The van der Waals surface area contributed by atoms with Gasteiger partial charge in [-0.25, -0.2) is 0 Å². The quantitative estimate of drug-likeness (QED) is 0.823. The molecule has 0 spiro atoms. The Balaban J connectivity index is 2.58. The summed E-state index contributed by atoms with van der Waals surface area (Å²) in [5, 5.41) is 9.25.